The number of aromatic nitrogens is 3. The third kappa shape index (κ3) is 14.0. The second kappa shape index (κ2) is 23.4. The molecule has 373 valence electrons. The third-order valence-corrected chi connectivity index (χ3v) is 15.7. The average Bonchev–Trinajstić information content (AvgIpc) is 3.99. The van der Waals surface area contributed by atoms with Crippen LogP contribution in [0.3, 0.4) is 0 Å². The van der Waals surface area contributed by atoms with Gasteiger partial charge in [-0.1, -0.05) is 184 Å². The monoisotopic (exact) mass is 1150 g/mol. The molecule has 1 aliphatic rings. The van der Waals surface area contributed by atoms with Crippen molar-refractivity contribution in [3.8, 4) is 44.9 Å². The number of hydrogen-bond acceptors (Lipinski definition) is 4. The van der Waals surface area contributed by atoms with Crippen molar-refractivity contribution in [3.63, 3.8) is 0 Å². The molecular formula is C66H75IrN3OSi. The number of furan rings is 1. The van der Waals surface area contributed by atoms with Gasteiger partial charge in [0.1, 0.15) is 11.2 Å². The smallest absolute Gasteiger partial charge is 0.144 e. The van der Waals surface area contributed by atoms with Gasteiger partial charge in [0, 0.05) is 66.2 Å². The number of aryl methyl sites for hydroxylation is 2. The first-order chi connectivity index (χ1) is 33.9. The SMILES string of the molecule is CC(C)(C)Cc1cc(-c2ccccc2)ncc1[Si](C)(C)C.CC(C)(C)Cc1ccnc(-c2ccccc2)c1.Cc1cccc(C)c1-c1ccc2c(c1)oc1c(-c3cc(CC4CCCC4)ccn3)cccc12.[Ir]. The van der Waals surface area contributed by atoms with Gasteiger partial charge in [0.2, 0.25) is 0 Å². The fourth-order valence-corrected chi connectivity index (χ4v) is 11.9. The summed E-state index contributed by atoms with van der Waals surface area (Å²) < 4.78 is 6.51. The van der Waals surface area contributed by atoms with Crippen molar-refractivity contribution in [2.24, 2.45) is 16.7 Å². The van der Waals surface area contributed by atoms with Crippen molar-refractivity contribution in [2.75, 3.05) is 0 Å². The van der Waals surface area contributed by atoms with E-state index >= 15 is 0 Å². The number of fused-ring (bicyclic) bond motifs is 3. The van der Waals surface area contributed by atoms with E-state index in [9.17, 15) is 0 Å². The summed E-state index contributed by atoms with van der Waals surface area (Å²) in [5.41, 5.74) is 18.4. The molecule has 0 spiro atoms. The Morgan fingerprint density at radius 3 is 1.72 bits per heavy atom. The Hall–Kier alpha value is -5.78. The second-order valence-corrected chi connectivity index (χ2v) is 28.4. The molecule has 10 rings (SSSR count). The molecule has 0 N–H and O–H groups in total. The quantitative estimate of drug-likeness (QED) is 0.135. The molecule has 1 fully saturated rings. The van der Waals surface area contributed by atoms with E-state index in [1.807, 2.05) is 30.6 Å². The van der Waals surface area contributed by atoms with Crippen molar-refractivity contribution in [1.29, 1.82) is 0 Å². The molecule has 4 nitrogen and oxygen atoms in total. The minimum atomic E-state index is -1.36. The number of para-hydroxylation sites is 1. The molecule has 72 heavy (non-hydrogen) atoms. The molecule has 0 unspecified atom stereocenters. The van der Waals surface area contributed by atoms with E-state index in [1.165, 1.54) is 80.9 Å². The normalized spacial score (nSPS) is 13.0. The van der Waals surface area contributed by atoms with Gasteiger partial charge < -0.3 is 4.42 Å². The van der Waals surface area contributed by atoms with E-state index in [2.05, 4.69) is 214 Å². The van der Waals surface area contributed by atoms with Crippen molar-refractivity contribution in [1.82, 2.24) is 15.0 Å². The number of pyridine rings is 3. The summed E-state index contributed by atoms with van der Waals surface area (Å²) in [6.45, 7) is 25.3. The Morgan fingerprint density at radius 2 is 1.11 bits per heavy atom. The van der Waals surface area contributed by atoms with Gasteiger partial charge in [-0.3, -0.25) is 15.0 Å². The van der Waals surface area contributed by atoms with Crippen LogP contribution in [0.5, 0.6) is 0 Å². The minimum absolute atomic E-state index is 0. The van der Waals surface area contributed by atoms with Gasteiger partial charge in [0.25, 0.3) is 0 Å². The number of nitrogens with zero attached hydrogens (tertiary/aromatic N) is 3. The molecule has 0 atom stereocenters. The van der Waals surface area contributed by atoms with E-state index in [1.54, 1.807) is 0 Å². The zero-order valence-electron chi connectivity index (χ0n) is 44.7. The Labute approximate surface area is 445 Å². The van der Waals surface area contributed by atoms with Gasteiger partial charge in [0.15, 0.2) is 0 Å². The van der Waals surface area contributed by atoms with Gasteiger partial charge in [-0.05, 0) is 143 Å². The van der Waals surface area contributed by atoms with Crippen LogP contribution in [-0.4, -0.2) is 23.0 Å². The molecule has 0 bridgehead atoms. The van der Waals surface area contributed by atoms with Crippen LogP contribution in [0.4, 0.5) is 0 Å². The van der Waals surface area contributed by atoms with Crippen LogP contribution in [0.25, 0.3) is 66.8 Å². The first-order valence-corrected chi connectivity index (χ1v) is 29.4. The first kappa shape index (κ1) is 54.0. The number of rotatable bonds is 9. The summed E-state index contributed by atoms with van der Waals surface area (Å²) in [6.07, 6.45) is 14.8. The zero-order chi connectivity index (χ0) is 50.3. The van der Waals surface area contributed by atoms with Gasteiger partial charge >= 0.3 is 0 Å². The van der Waals surface area contributed by atoms with Crippen molar-refractivity contribution >= 4 is 35.2 Å². The van der Waals surface area contributed by atoms with E-state index in [4.69, 9.17) is 14.4 Å². The maximum atomic E-state index is 6.51. The average molecular weight is 1150 g/mol. The molecule has 1 radical (unpaired) electrons. The van der Waals surface area contributed by atoms with E-state index < -0.39 is 8.07 Å². The van der Waals surface area contributed by atoms with E-state index in [0.717, 1.165) is 69.8 Å². The Kier molecular flexibility index (Phi) is 17.5. The summed E-state index contributed by atoms with van der Waals surface area (Å²) in [4.78, 5) is 13.9. The van der Waals surface area contributed by atoms with E-state index in [0.29, 0.717) is 10.8 Å². The molecule has 0 aliphatic heterocycles. The summed E-state index contributed by atoms with van der Waals surface area (Å²) in [5.74, 6) is 0.825. The van der Waals surface area contributed by atoms with Gasteiger partial charge in [-0.25, -0.2) is 0 Å². The van der Waals surface area contributed by atoms with Crippen LogP contribution < -0.4 is 5.19 Å². The molecule has 0 saturated heterocycles. The second-order valence-electron chi connectivity index (χ2n) is 23.4. The molecule has 9 aromatic rings. The molecule has 5 aromatic carbocycles. The molecule has 1 aliphatic carbocycles. The van der Waals surface area contributed by atoms with Crippen molar-refractivity contribution in [2.45, 2.75) is 120 Å². The standard InChI is InChI=1S/C31H29NO.C19H27NSi.C16H19N.Ir/c1-20-7-5-8-21(2)30(20)24-13-14-25-26-11-6-12-27(31(26)33-29(25)19-24)28-18-23(15-16-32-28)17-22-9-3-4-10-22;1-19(2,3)13-16-12-17(15-10-8-7-9-11-15)20-14-18(16)21(4,5)6;1-16(2,3)12-13-9-10-17-15(11-13)14-7-5-4-6-8-14;/h5-8,11-16,18-19,22H,3-4,9-10,17H2,1-2H3;7-12,14H,13H2,1-6H3;4-11H,12H2,1-3H3;. The summed E-state index contributed by atoms with van der Waals surface area (Å²) in [5, 5.41) is 3.81. The van der Waals surface area contributed by atoms with E-state index in [-0.39, 0.29) is 20.1 Å². The Balaban J connectivity index is 0.000000169. The molecule has 4 heterocycles. The Morgan fingerprint density at radius 1 is 0.542 bits per heavy atom. The van der Waals surface area contributed by atoms with Crippen LogP contribution in [0, 0.1) is 30.6 Å². The van der Waals surface area contributed by atoms with Crippen LogP contribution >= 0.6 is 0 Å². The Bertz CT molecular complexity index is 3190. The molecular weight excluding hydrogens is 1070 g/mol. The predicted octanol–water partition coefficient (Wildman–Crippen LogP) is 17.9. The number of benzene rings is 5. The predicted molar refractivity (Wildman–Crippen MR) is 306 cm³/mol. The van der Waals surface area contributed by atoms with Gasteiger partial charge in [-0.15, -0.1) is 0 Å². The minimum Gasteiger partial charge on any atom is -0.455 e. The topological polar surface area (TPSA) is 51.8 Å². The molecule has 6 heteroatoms. The third-order valence-electron chi connectivity index (χ3n) is 13.6. The van der Waals surface area contributed by atoms with Crippen LogP contribution in [-0.2, 0) is 39.4 Å². The summed E-state index contributed by atoms with van der Waals surface area (Å²) in [7, 11) is -1.36. The first-order valence-electron chi connectivity index (χ1n) is 25.9. The number of hydrogen-bond donors (Lipinski definition) is 0. The van der Waals surface area contributed by atoms with Gasteiger partial charge in [-0.2, -0.15) is 0 Å². The largest absolute Gasteiger partial charge is 0.455 e. The van der Waals surface area contributed by atoms with Crippen molar-refractivity contribution in [3.05, 3.63) is 192 Å². The summed E-state index contributed by atoms with van der Waals surface area (Å²) >= 11 is 0. The zero-order valence-corrected chi connectivity index (χ0v) is 48.1. The van der Waals surface area contributed by atoms with Crippen LogP contribution in [0.15, 0.2) is 169 Å². The van der Waals surface area contributed by atoms with Crippen LogP contribution in [0.1, 0.15) is 95.0 Å². The van der Waals surface area contributed by atoms with Crippen LogP contribution in [0.2, 0.25) is 19.6 Å². The fraction of sp³-hybridized carbons (Fsp3) is 0.318. The molecule has 4 aromatic heterocycles. The molecule has 1 saturated carbocycles. The van der Waals surface area contributed by atoms with Crippen molar-refractivity contribution < 1.29 is 24.5 Å². The molecule has 0 amide bonds. The summed E-state index contributed by atoms with van der Waals surface area (Å²) in [6, 6.07) is 51.4. The fourth-order valence-electron chi connectivity index (χ4n) is 10.3. The maximum Gasteiger partial charge on any atom is 0.144 e. The van der Waals surface area contributed by atoms with Gasteiger partial charge in [0.05, 0.1) is 25.2 Å². The maximum absolute atomic E-state index is 6.51.